The number of hydrogen-bond donors (Lipinski definition) is 1. The smallest absolute Gasteiger partial charge is 0.0577 e. The van der Waals surface area contributed by atoms with Crippen LogP contribution in [0.15, 0.2) is 65.8 Å². The Morgan fingerprint density at radius 2 is 1.35 bits per heavy atom. The molecule has 0 saturated heterocycles. The summed E-state index contributed by atoms with van der Waals surface area (Å²) in [6.07, 6.45) is 2.78. The predicted molar refractivity (Wildman–Crippen MR) is 81.4 cm³/mol. The molecule has 102 valence electrons. The fraction of sp³-hybridized carbons (Fsp3) is 0.278. The molecular weight excluding hydrogens is 246 g/mol. The number of nitrogens with zero attached hydrogens (tertiary/aromatic N) is 1. The first-order chi connectivity index (χ1) is 9.88. The van der Waals surface area contributed by atoms with Gasteiger partial charge in [-0.15, -0.1) is 0 Å². The third-order valence-electron chi connectivity index (χ3n) is 4.28. The van der Waals surface area contributed by atoms with E-state index in [1.54, 1.807) is 0 Å². The monoisotopic (exact) mass is 265 g/mol. The van der Waals surface area contributed by atoms with Gasteiger partial charge in [-0.2, -0.15) is 0 Å². The van der Waals surface area contributed by atoms with Crippen LogP contribution in [-0.4, -0.2) is 10.9 Å². The average Bonchev–Trinajstić information content (AvgIpc) is 2.56. The Kier molecular flexibility index (Phi) is 3.82. The van der Waals surface area contributed by atoms with Crippen molar-refractivity contribution in [3.63, 3.8) is 0 Å². The number of oxime groups is 1. The highest BCUT2D eigenvalue weighted by molar-refractivity contribution is 5.85. The van der Waals surface area contributed by atoms with Gasteiger partial charge in [0.2, 0.25) is 0 Å². The highest BCUT2D eigenvalue weighted by Crippen LogP contribution is 2.42. The van der Waals surface area contributed by atoms with E-state index in [0.717, 1.165) is 25.0 Å². The summed E-state index contributed by atoms with van der Waals surface area (Å²) in [6, 6.07) is 21.3. The van der Waals surface area contributed by atoms with Crippen LogP contribution in [-0.2, 0) is 0 Å². The zero-order chi connectivity index (χ0) is 13.8. The Morgan fingerprint density at radius 3 is 1.90 bits per heavy atom. The van der Waals surface area contributed by atoms with Gasteiger partial charge in [0.1, 0.15) is 0 Å². The summed E-state index contributed by atoms with van der Waals surface area (Å²) in [4.78, 5) is 0. The molecule has 0 aromatic heterocycles. The first-order valence-corrected chi connectivity index (χ1v) is 7.18. The molecule has 2 aromatic carbocycles. The molecule has 0 radical (unpaired) electrons. The molecule has 1 aliphatic rings. The summed E-state index contributed by atoms with van der Waals surface area (Å²) < 4.78 is 0. The van der Waals surface area contributed by atoms with Gasteiger partial charge in [-0.3, -0.25) is 0 Å². The zero-order valence-electron chi connectivity index (χ0n) is 11.4. The van der Waals surface area contributed by atoms with Crippen LogP contribution in [0.25, 0.3) is 0 Å². The molecule has 2 atom stereocenters. The minimum atomic E-state index is 0.401. The highest BCUT2D eigenvalue weighted by atomic mass is 16.4. The van der Waals surface area contributed by atoms with E-state index in [9.17, 15) is 0 Å². The molecule has 1 aliphatic carbocycles. The maximum Gasteiger partial charge on any atom is 0.0577 e. The van der Waals surface area contributed by atoms with E-state index in [-0.39, 0.29) is 0 Å². The molecule has 3 rings (SSSR count). The summed E-state index contributed by atoms with van der Waals surface area (Å²) in [5, 5.41) is 12.6. The summed E-state index contributed by atoms with van der Waals surface area (Å²) in [5.74, 6) is 0.905. The molecule has 0 bridgehead atoms. The Bertz CT molecular complexity index is 577. The molecule has 2 nitrogen and oxygen atoms in total. The third kappa shape index (κ3) is 2.60. The van der Waals surface area contributed by atoms with Crippen molar-refractivity contribution >= 4 is 5.71 Å². The third-order valence-corrected chi connectivity index (χ3v) is 4.28. The van der Waals surface area contributed by atoms with Gasteiger partial charge in [-0.05, 0) is 42.2 Å². The van der Waals surface area contributed by atoms with E-state index in [0.29, 0.717) is 11.8 Å². The topological polar surface area (TPSA) is 32.6 Å². The molecule has 1 saturated carbocycles. The Balaban J connectivity index is 1.95. The number of rotatable bonds is 2. The van der Waals surface area contributed by atoms with Crippen LogP contribution in [0.2, 0.25) is 0 Å². The lowest BCUT2D eigenvalue weighted by Gasteiger charge is -2.32. The van der Waals surface area contributed by atoms with Gasteiger partial charge in [-0.25, -0.2) is 0 Å². The van der Waals surface area contributed by atoms with Gasteiger partial charge in [0.05, 0.1) is 5.71 Å². The van der Waals surface area contributed by atoms with Gasteiger partial charge >= 0.3 is 0 Å². The molecule has 0 unspecified atom stereocenters. The standard InChI is InChI=1S/C18H19NO/c20-19-16-11-12-17(14-7-3-1-4-8-14)18(13-16)15-9-5-2-6-10-15/h1-10,17-18,20H,11-13H2/t17-,18-/m0/s1. The van der Waals surface area contributed by atoms with Crippen molar-refractivity contribution in [2.24, 2.45) is 5.16 Å². The Labute approximate surface area is 119 Å². The van der Waals surface area contributed by atoms with Gasteiger partial charge in [0.15, 0.2) is 0 Å². The van der Waals surface area contributed by atoms with Gasteiger partial charge in [0, 0.05) is 0 Å². The number of benzene rings is 2. The van der Waals surface area contributed by atoms with Crippen molar-refractivity contribution in [1.29, 1.82) is 0 Å². The van der Waals surface area contributed by atoms with Crippen LogP contribution in [0, 0.1) is 0 Å². The molecule has 1 fully saturated rings. The van der Waals surface area contributed by atoms with Crippen molar-refractivity contribution in [2.45, 2.75) is 31.1 Å². The summed E-state index contributed by atoms with van der Waals surface area (Å²) in [6.45, 7) is 0. The van der Waals surface area contributed by atoms with Crippen LogP contribution in [0.4, 0.5) is 0 Å². The maximum absolute atomic E-state index is 9.10. The molecule has 2 heteroatoms. The summed E-state index contributed by atoms with van der Waals surface area (Å²) in [5.41, 5.74) is 3.64. The van der Waals surface area contributed by atoms with E-state index in [1.807, 2.05) is 6.07 Å². The Hall–Kier alpha value is -2.09. The van der Waals surface area contributed by atoms with Gasteiger partial charge in [-0.1, -0.05) is 65.8 Å². The van der Waals surface area contributed by atoms with Crippen LogP contribution in [0.3, 0.4) is 0 Å². The largest absolute Gasteiger partial charge is 0.411 e. The van der Waals surface area contributed by atoms with Crippen molar-refractivity contribution in [3.8, 4) is 0 Å². The minimum Gasteiger partial charge on any atom is -0.411 e. The van der Waals surface area contributed by atoms with E-state index >= 15 is 0 Å². The highest BCUT2D eigenvalue weighted by Gasteiger charge is 2.30. The molecule has 0 spiro atoms. The van der Waals surface area contributed by atoms with E-state index < -0.39 is 0 Å². The van der Waals surface area contributed by atoms with Crippen molar-refractivity contribution in [2.75, 3.05) is 0 Å². The van der Waals surface area contributed by atoms with E-state index in [2.05, 4.69) is 59.8 Å². The molecular formula is C18H19NO. The fourth-order valence-electron chi connectivity index (χ4n) is 3.26. The molecule has 0 aliphatic heterocycles. The summed E-state index contributed by atoms with van der Waals surface area (Å²) >= 11 is 0. The number of hydrogen-bond acceptors (Lipinski definition) is 2. The van der Waals surface area contributed by atoms with Crippen LogP contribution in [0.5, 0.6) is 0 Å². The van der Waals surface area contributed by atoms with E-state index in [4.69, 9.17) is 5.21 Å². The maximum atomic E-state index is 9.10. The Morgan fingerprint density at radius 1 is 0.800 bits per heavy atom. The predicted octanol–water partition coefficient (Wildman–Crippen LogP) is 4.57. The molecule has 0 amide bonds. The molecule has 2 aromatic rings. The van der Waals surface area contributed by atoms with Crippen molar-refractivity contribution in [1.82, 2.24) is 0 Å². The second-order valence-electron chi connectivity index (χ2n) is 5.44. The SMILES string of the molecule is ON=C1CC[C@@H](c2ccccc2)[C@H](c2ccccc2)C1. The second-order valence-corrected chi connectivity index (χ2v) is 5.44. The molecule has 0 heterocycles. The van der Waals surface area contributed by atoms with Crippen LogP contribution in [0.1, 0.15) is 42.2 Å². The van der Waals surface area contributed by atoms with Crippen molar-refractivity contribution < 1.29 is 5.21 Å². The average molecular weight is 265 g/mol. The second kappa shape index (κ2) is 5.91. The molecule has 1 N–H and O–H groups in total. The van der Waals surface area contributed by atoms with Crippen LogP contribution < -0.4 is 0 Å². The lowest BCUT2D eigenvalue weighted by molar-refractivity contribution is 0.311. The minimum absolute atomic E-state index is 0.401. The van der Waals surface area contributed by atoms with Gasteiger partial charge in [0.25, 0.3) is 0 Å². The van der Waals surface area contributed by atoms with Crippen molar-refractivity contribution in [3.05, 3.63) is 71.8 Å². The first-order valence-electron chi connectivity index (χ1n) is 7.18. The zero-order valence-corrected chi connectivity index (χ0v) is 11.4. The quantitative estimate of drug-likeness (QED) is 0.626. The first kappa shape index (κ1) is 12.9. The fourth-order valence-corrected chi connectivity index (χ4v) is 3.26. The van der Waals surface area contributed by atoms with Gasteiger partial charge < -0.3 is 5.21 Å². The van der Waals surface area contributed by atoms with Crippen LogP contribution >= 0.6 is 0 Å². The lowest BCUT2D eigenvalue weighted by atomic mass is 9.71. The lowest BCUT2D eigenvalue weighted by Crippen LogP contribution is -2.22. The molecule has 20 heavy (non-hydrogen) atoms. The summed E-state index contributed by atoms with van der Waals surface area (Å²) in [7, 11) is 0. The van der Waals surface area contributed by atoms with E-state index in [1.165, 1.54) is 11.1 Å². The normalized spacial score (nSPS) is 24.7.